The largest absolute Gasteiger partial charge is 0.444 e. The van der Waals surface area contributed by atoms with Crippen LogP contribution >= 0.6 is 11.6 Å². The number of carbonyl (C=O) groups is 2. The monoisotopic (exact) mass is 409 g/mol. The molecule has 3 aromatic rings. The lowest BCUT2D eigenvalue weighted by atomic mass is 10.1. The van der Waals surface area contributed by atoms with Crippen LogP contribution in [0.25, 0.3) is 0 Å². The normalized spacial score (nSPS) is 10.3. The Morgan fingerprint density at radius 3 is 2.21 bits per heavy atom. The molecule has 7 heteroatoms. The van der Waals surface area contributed by atoms with E-state index in [1.54, 1.807) is 54.7 Å². The first kappa shape index (κ1) is 20.4. The van der Waals surface area contributed by atoms with Gasteiger partial charge >= 0.3 is 6.09 Å². The summed E-state index contributed by atoms with van der Waals surface area (Å²) < 4.78 is 5.18. The third kappa shape index (κ3) is 6.62. The standard InChI is InChI=1S/C22H20ClN3O3/c1-15-2-9-20(13-24-15)25-21(27)12-16-5-10-19(11-6-16)26-22(28)29-14-17-3-7-18(23)8-4-17/h2-11,13H,12,14H2,1H3,(H,25,27)(H,26,28). The molecular weight excluding hydrogens is 390 g/mol. The maximum Gasteiger partial charge on any atom is 0.411 e. The summed E-state index contributed by atoms with van der Waals surface area (Å²) in [4.78, 5) is 28.2. The molecule has 0 fully saturated rings. The number of hydrogen-bond acceptors (Lipinski definition) is 4. The van der Waals surface area contributed by atoms with Crippen LogP contribution in [-0.4, -0.2) is 17.0 Å². The van der Waals surface area contributed by atoms with E-state index in [-0.39, 0.29) is 18.9 Å². The van der Waals surface area contributed by atoms with Gasteiger partial charge in [-0.05, 0) is 54.4 Å². The first-order chi connectivity index (χ1) is 14.0. The van der Waals surface area contributed by atoms with E-state index in [1.807, 2.05) is 19.1 Å². The van der Waals surface area contributed by atoms with Crippen LogP contribution in [0.2, 0.25) is 5.02 Å². The average molecular weight is 410 g/mol. The van der Waals surface area contributed by atoms with Crippen LogP contribution in [0.4, 0.5) is 16.2 Å². The number of nitrogens with zero attached hydrogens (tertiary/aromatic N) is 1. The van der Waals surface area contributed by atoms with Crippen molar-refractivity contribution in [1.82, 2.24) is 4.98 Å². The van der Waals surface area contributed by atoms with Crippen LogP contribution in [0.1, 0.15) is 16.8 Å². The Morgan fingerprint density at radius 1 is 0.897 bits per heavy atom. The zero-order chi connectivity index (χ0) is 20.6. The third-order valence-corrected chi connectivity index (χ3v) is 4.30. The molecule has 0 spiro atoms. The van der Waals surface area contributed by atoms with Crippen LogP contribution < -0.4 is 10.6 Å². The number of benzene rings is 2. The van der Waals surface area contributed by atoms with Crippen LogP contribution in [0.3, 0.4) is 0 Å². The molecule has 0 saturated heterocycles. The summed E-state index contributed by atoms with van der Waals surface area (Å²) in [5.74, 6) is -0.140. The van der Waals surface area contributed by atoms with Gasteiger partial charge in [0.15, 0.2) is 0 Å². The van der Waals surface area contributed by atoms with Gasteiger partial charge in [-0.3, -0.25) is 15.1 Å². The minimum atomic E-state index is -0.558. The van der Waals surface area contributed by atoms with Gasteiger partial charge in [0, 0.05) is 16.4 Å². The molecule has 0 saturated carbocycles. The van der Waals surface area contributed by atoms with E-state index in [2.05, 4.69) is 15.6 Å². The highest BCUT2D eigenvalue weighted by molar-refractivity contribution is 6.30. The SMILES string of the molecule is Cc1ccc(NC(=O)Cc2ccc(NC(=O)OCc3ccc(Cl)cc3)cc2)cn1. The summed E-state index contributed by atoms with van der Waals surface area (Å²) in [6, 6.07) is 17.7. The average Bonchev–Trinajstić information content (AvgIpc) is 2.71. The molecule has 0 aliphatic carbocycles. The highest BCUT2D eigenvalue weighted by Crippen LogP contribution is 2.13. The van der Waals surface area contributed by atoms with E-state index in [9.17, 15) is 9.59 Å². The van der Waals surface area contributed by atoms with E-state index in [4.69, 9.17) is 16.3 Å². The molecule has 0 bridgehead atoms. The van der Waals surface area contributed by atoms with Crippen molar-refractivity contribution >= 4 is 35.0 Å². The van der Waals surface area contributed by atoms with Crippen molar-refractivity contribution in [2.75, 3.05) is 10.6 Å². The molecule has 0 aliphatic rings. The number of nitrogens with one attached hydrogen (secondary N) is 2. The molecular formula is C22H20ClN3O3. The molecule has 1 aromatic heterocycles. The van der Waals surface area contributed by atoms with Crippen molar-refractivity contribution < 1.29 is 14.3 Å². The number of anilines is 2. The van der Waals surface area contributed by atoms with Crippen molar-refractivity contribution in [1.29, 1.82) is 0 Å². The summed E-state index contributed by atoms with van der Waals surface area (Å²) in [7, 11) is 0. The third-order valence-electron chi connectivity index (χ3n) is 4.04. The first-order valence-corrected chi connectivity index (χ1v) is 9.35. The number of aryl methyl sites for hydroxylation is 1. The van der Waals surface area contributed by atoms with Crippen LogP contribution in [0.15, 0.2) is 66.9 Å². The van der Waals surface area contributed by atoms with Crippen molar-refractivity contribution in [2.24, 2.45) is 0 Å². The second kappa shape index (κ2) is 9.71. The number of pyridine rings is 1. The van der Waals surface area contributed by atoms with Gasteiger partial charge in [0.1, 0.15) is 6.61 Å². The molecule has 0 aliphatic heterocycles. The Labute approximate surface area is 173 Å². The van der Waals surface area contributed by atoms with Gasteiger partial charge in [0.2, 0.25) is 5.91 Å². The maximum atomic E-state index is 12.1. The second-order valence-corrected chi connectivity index (χ2v) is 6.87. The number of aromatic nitrogens is 1. The lowest BCUT2D eigenvalue weighted by Crippen LogP contribution is -2.15. The number of amides is 2. The lowest BCUT2D eigenvalue weighted by Gasteiger charge is -2.09. The highest BCUT2D eigenvalue weighted by atomic mass is 35.5. The molecule has 0 atom stereocenters. The van der Waals surface area contributed by atoms with E-state index in [0.29, 0.717) is 16.4 Å². The van der Waals surface area contributed by atoms with Gasteiger partial charge in [-0.15, -0.1) is 0 Å². The minimum Gasteiger partial charge on any atom is -0.444 e. The Hall–Kier alpha value is -3.38. The molecule has 0 radical (unpaired) electrons. The number of ether oxygens (including phenoxy) is 1. The van der Waals surface area contributed by atoms with Gasteiger partial charge in [-0.25, -0.2) is 4.79 Å². The summed E-state index contributed by atoms with van der Waals surface area (Å²) in [6.07, 6.45) is 1.28. The van der Waals surface area contributed by atoms with Crippen LogP contribution in [0, 0.1) is 6.92 Å². The zero-order valence-electron chi connectivity index (χ0n) is 15.8. The molecule has 6 nitrogen and oxygen atoms in total. The fourth-order valence-corrected chi connectivity index (χ4v) is 2.65. The molecule has 29 heavy (non-hydrogen) atoms. The quantitative estimate of drug-likeness (QED) is 0.602. The maximum absolute atomic E-state index is 12.1. The van der Waals surface area contributed by atoms with Gasteiger partial charge in [0.05, 0.1) is 18.3 Å². The predicted octanol–water partition coefficient (Wildman–Crippen LogP) is 4.97. The molecule has 2 N–H and O–H groups in total. The Kier molecular flexibility index (Phi) is 6.81. The first-order valence-electron chi connectivity index (χ1n) is 8.97. The lowest BCUT2D eigenvalue weighted by molar-refractivity contribution is -0.115. The fraction of sp³-hybridized carbons (Fsp3) is 0.136. The Bertz CT molecular complexity index is 972. The molecule has 1 heterocycles. The fourth-order valence-electron chi connectivity index (χ4n) is 2.52. The summed E-state index contributed by atoms with van der Waals surface area (Å²) in [5.41, 5.74) is 3.79. The number of rotatable bonds is 6. The molecule has 3 rings (SSSR count). The zero-order valence-corrected chi connectivity index (χ0v) is 16.6. The highest BCUT2D eigenvalue weighted by Gasteiger charge is 2.07. The summed E-state index contributed by atoms with van der Waals surface area (Å²) in [5, 5.41) is 6.08. The topological polar surface area (TPSA) is 80.3 Å². The Balaban J connectivity index is 1.46. The van der Waals surface area contributed by atoms with Gasteiger partial charge < -0.3 is 10.1 Å². The minimum absolute atomic E-state index is 0.140. The number of halogens is 1. The van der Waals surface area contributed by atoms with Crippen molar-refractivity contribution in [2.45, 2.75) is 20.0 Å². The summed E-state index contributed by atoms with van der Waals surface area (Å²) >= 11 is 5.82. The van der Waals surface area contributed by atoms with Gasteiger partial charge in [-0.1, -0.05) is 35.9 Å². The summed E-state index contributed by atoms with van der Waals surface area (Å²) in [6.45, 7) is 2.03. The van der Waals surface area contributed by atoms with E-state index < -0.39 is 6.09 Å². The van der Waals surface area contributed by atoms with E-state index in [0.717, 1.165) is 16.8 Å². The van der Waals surface area contributed by atoms with Crippen molar-refractivity contribution in [3.8, 4) is 0 Å². The van der Waals surface area contributed by atoms with Crippen molar-refractivity contribution in [3.63, 3.8) is 0 Å². The molecule has 0 unspecified atom stereocenters. The Morgan fingerprint density at radius 2 is 1.55 bits per heavy atom. The van der Waals surface area contributed by atoms with Crippen LogP contribution in [-0.2, 0) is 22.6 Å². The molecule has 2 aromatic carbocycles. The molecule has 148 valence electrons. The number of carbonyl (C=O) groups excluding carboxylic acids is 2. The van der Waals surface area contributed by atoms with Gasteiger partial charge in [0.25, 0.3) is 0 Å². The number of hydrogen-bond donors (Lipinski definition) is 2. The van der Waals surface area contributed by atoms with E-state index in [1.165, 1.54) is 0 Å². The smallest absolute Gasteiger partial charge is 0.411 e. The van der Waals surface area contributed by atoms with E-state index >= 15 is 0 Å². The molecule has 2 amide bonds. The van der Waals surface area contributed by atoms with Crippen LogP contribution in [0.5, 0.6) is 0 Å². The predicted molar refractivity (Wildman–Crippen MR) is 113 cm³/mol. The second-order valence-electron chi connectivity index (χ2n) is 6.44. The van der Waals surface area contributed by atoms with Crippen molar-refractivity contribution in [3.05, 3.63) is 88.7 Å². The van der Waals surface area contributed by atoms with Gasteiger partial charge in [-0.2, -0.15) is 0 Å².